The first-order chi connectivity index (χ1) is 14.5. The lowest BCUT2D eigenvalue weighted by atomic mass is 10.2. The lowest BCUT2D eigenvalue weighted by Gasteiger charge is -2.20. The van der Waals surface area contributed by atoms with Gasteiger partial charge in [-0.2, -0.15) is 0 Å². The van der Waals surface area contributed by atoms with Crippen molar-refractivity contribution in [3.05, 3.63) is 65.5 Å². The summed E-state index contributed by atoms with van der Waals surface area (Å²) in [6.07, 6.45) is 3.66. The first-order valence-electron chi connectivity index (χ1n) is 9.82. The van der Waals surface area contributed by atoms with E-state index in [2.05, 4.69) is 0 Å². The monoisotopic (exact) mass is 413 g/mol. The number of hydrogen-bond acceptors (Lipinski definition) is 5. The van der Waals surface area contributed by atoms with Gasteiger partial charge in [-0.25, -0.2) is 9.18 Å². The zero-order valence-corrected chi connectivity index (χ0v) is 16.8. The van der Waals surface area contributed by atoms with Crippen LogP contribution in [0.2, 0.25) is 0 Å². The molecule has 0 fully saturated rings. The summed E-state index contributed by atoms with van der Waals surface area (Å²) < 4.78 is 29.6. The highest BCUT2D eigenvalue weighted by atomic mass is 19.1. The maximum atomic E-state index is 13.3. The summed E-state index contributed by atoms with van der Waals surface area (Å²) >= 11 is 0. The third kappa shape index (κ3) is 6.07. The SMILES string of the molecule is CCN(Cc1cccc(F)c1)C(=O)COC(=O)/C=C/c1ccc2c(c1)OCCCO2. The van der Waals surface area contributed by atoms with Crippen molar-refractivity contribution in [2.75, 3.05) is 26.4 Å². The van der Waals surface area contributed by atoms with Crippen molar-refractivity contribution in [1.82, 2.24) is 4.90 Å². The second-order valence-corrected chi connectivity index (χ2v) is 6.74. The van der Waals surface area contributed by atoms with Gasteiger partial charge in [0, 0.05) is 25.6 Å². The molecule has 0 bridgehead atoms. The Morgan fingerprint density at radius 3 is 2.70 bits per heavy atom. The molecule has 30 heavy (non-hydrogen) atoms. The van der Waals surface area contributed by atoms with Crippen molar-refractivity contribution >= 4 is 18.0 Å². The number of ether oxygens (including phenoxy) is 3. The van der Waals surface area contributed by atoms with E-state index in [9.17, 15) is 14.0 Å². The van der Waals surface area contributed by atoms with Crippen LogP contribution in [0.1, 0.15) is 24.5 Å². The molecule has 1 aliphatic rings. The molecule has 0 radical (unpaired) electrons. The third-order valence-electron chi connectivity index (χ3n) is 4.52. The fourth-order valence-electron chi connectivity index (χ4n) is 2.95. The van der Waals surface area contributed by atoms with Gasteiger partial charge in [-0.3, -0.25) is 4.79 Å². The highest BCUT2D eigenvalue weighted by molar-refractivity contribution is 5.89. The number of hydrogen-bond donors (Lipinski definition) is 0. The molecule has 0 spiro atoms. The molecule has 158 valence electrons. The molecule has 0 saturated carbocycles. The molecule has 7 heteroatoms. The van der Waals surface area contributed by atoms with Gasteiger partial charge in [0.15, 0.2) is 18.1 Å². The van der Waals surface area contributed by atoms with Crippen molar-refractivity contribution in [2.45, 2.75) is 19.9 Å². The predicted octanol–water partition coefficient (Wildman–Crippen LogP) is 3.59. The molecule has 1 aliphatic heterocycles. The van der Waals surface area contributed by atoms with E-state index in [0.717, 1.165) is 12.0 Å². The highest BCUT2D eigenvalue weighted by Crippen LogP contribution is 2.30. The zero-order chi connectivity index (χ0) is 21.3. The average Bonchev–Trinajstić information content (AvgIpc) is 2.99. The Kier molecular flexibility index (Phi) is 7.43. The Hall–Kier alpha value is -3.35. The minimum absolute atomic E-state index is 0.248. The topological polar surface area (TPSA) is 65.1 Å². The van der Waals surface area contributed by atoms with Gasteiger partial charge in [0.2, 0.25) is 0 Å². The summed E-state index contributed by atoms with van der Waals surface area (Å²) in [7, 11) is 0. The van der Waals surface area contributed by atoms with Crippen molar-refractivity contribution in [3.63, 3.8) is 0 Å². The molecule has 6 nitrogen and oxygen atoms in total. The van der Waals surface area contributed by atoms with E-state index in [4.69, 9.17) is 14.2 Å². The second kappa shape index (κ2) is 10.4. The van der Waals surface area contributed by atoms with E-state index in [0.29, 0.717) is 36.8 Å². The summed E-state index contributed by atoms with van der Waals surface area (Å²) in [6, 6.07) is 11.4. The summed E-state index contributed by atoms with van der Waals surface area (Å²) in [6.45, 7) is 3.28. The Bertz CT molecular complexity index is 928. The molecule has 2 aromatic carbocycles. The van der Waals surface area contributed by atoms with Crippen LogP contribution in [0, 0.1) is 5.82 Å². The van der Waals surface area contributed by atoms with Gasteiger partial charge in [0.1, 0.15) is 5.82 Å². The maximum absolute atomic E-state index is 13.3. The van der Waals surface area contributed by atoms with Gasteiger partial charge in [-0.15, -0.1) is 0 Å². The number of esters is 1. The van der Waals surface area contributed by atoms with E-state index in [1.54, 1.807) is 36.4 Å². The Morgan fingerprint density at radius 1 is 1.13 bits per heavy atom. The second-order valence-electron chi connectivity index (χ2n) is 6.74. The lowest BCUT2D eigenvalue weighted by molar-refractivity contribution is -0.148. The molecule has 3 rings (SSSR count). The van der Waals surface area contributed by atoms with Crippen LogP contribution in [0.4, 0.5) is 4.39 Å². The summed E-state index contributed by atoms with van der Waals surface area (Å²) in [5.74, 6) is -0.0244. The third-order valence-corrected chi connectivity index (χ3v) is 4.52. The van der Waals surface area contributed by atoms with E-state index in [1.807, 2.05) is 6.92 Å². The van der Waals surface area contributed by atoms with Gasteiger partial charge in [-0.05, 0) is 48.4 Å². The van der Waals surface area contributed by atoms with E-state index >= 15 is 0 Å². The van der Waals surface area contributed by atoms with Gasteiger partial charge < -0.3 is 19.1 Å². The minimum atomic E-state index is -0.628. The normalized spacial score (nSPS) is 13.0. The summed E-state index contributed by atoms with van der Waals surface area (Å²) in [5.41, 5.74) is 1.43. The van der Waals surface area contributed by atoms with Crippen LogP contribution < -0.4 is 9.47 Å². The van der Waals surface area contributed by atoms with Crippen LogP contribution in [-0.2, 0) is 20.9 Å². The first-order valence-corrected chi connectivity index (χ1v) is 9.82. The smallest absolute Gasteiger partial charge is 0.331 e. The molecule has 1 amide bonds. The molecule has 0 N–H and O–H groups in total. The van der Waals surface area contributed by atoms with Crippen LogP contribution in [0.5, 0.6) is 11.5 Å². The van der Waals surface area contributed by atoms with Crippen LogP contribution in [0.25, 0.3) is 6.08 Å². The van der Waals surface area contributed by atoms with Gasteiger partial charge in [0.05, 0.1) is 13.2 Å². The number of rotatable bonds is 7. The standard InChI is InChI=1S/C23H24FNO5/c1-2-25(15-18-5-3-6-19(24)13-18)22(26)16-30-23(27)10-8-17-7-9-20-21(14-17)29-12-4-11-28-20/h3,5-10,13-14H,2,4,11-12,15-16H2,1H3/b10-8+. The Labute approximate surface area is 174 Å². The van der Waals surface area contributed by atoms with Crippen molar-refractivity contribution < 1.29 is 28.2 Å². The van der Waals surface area contributed by atoms with Crippen LogP contribution >= 0.6 is 0 Å². The van der Waals surface area contributed by atoms with Crippen LogP contribution in [0.3, 0.4) is 0 Å². The lowest BCUT2D eigenvalue weighted by Crippen LogP contribution is -2.34. The van der Waals surface area contributed by atoms with E-state index in [-0.39, 0.29) is 24.9 Å². The number of benzene rings is 2. The van der Waals surface area contributed by atoms with Gasteiger partial charge in [-0.1, -0.05) is 18.2 Å². The van der Waals surface area contributed by atoms with Crippen LogP contribution in [0.15, 0.2) is 48.5 Å². The van der Waals surface area contributed by atoms with Gasteiger partial charge in [0.25, 0.3) is 5.91 Å². The largest absolute Gasteiger partial charge is 0.490 e. The number of amides is 1. The van der Waals surface area contributed by atoms with Crippen molar-refractivity contribution in [1.29, 1.82) is 0 Å². The quantitative estimate of drug-likeness (QED) is 0.513. The summed E-state index contributed by atoms with van der Waals surface area (Å²) in [4.78, 5) is 25.8. The number of carbonyl (C=O) groups is 2. The van der Waals surface area contributed by atoms with E-state index < -0.39 is 5.97 Å². The van der Waals surface area contributed by atoms with Crippen molar-refractivity contribution in [2.24, 2.45) is 0 Å². The minimum Gasteiger partial charge on any atom is -0.490 e. The maximum Gasteiger partial charge on any atom is 0.331 e. The van der Waals surface area contributed by atoms with Crippen molar-refractivity contribution in [3.8, 4) is 11.5 Å². The predicted molar refractivity (Wildman–Crippen MR) is 110 cm³/mol. The number of carbonyl (C=O) groups excluding carboxylic acids is 2. The molecule has 2 aromatic rings. The number of halogens is 1. The van der Waals surface area contributed by atoms with E-state index in [1.165, 1.54) is 23.1 Å². The Morgan fingerprint density at radius 2 is 1.93 bits per heavy atom. The fourth-order valence-corrected chi connectivity index (χ4v) is 2.95. The molecule has 0 unspecified atom stereocenters. The number of nitrogens with zero attached hydrogens (tertiary/aromatic N) is 1. The molecule has 0 aromatic heterocycles. The highest BCUT2D eigenvalue weighted by Gasteiger charge is 2.14. The molecule has 0 saturated heterocycles. The molecule has 0 atom stereocenters. The Balaban J connectivity index is 1.51. The molecule has 1 heterocycles. The molecular formula is C23H24FNO5. The number of likely N-dealkylation sites (N-methyl/N-ethyl adjacent to an activating group) is 1. The van der Waals surface area contributed by atoms with Gasteiger partial charge >= 0.3 is 5.97 Å². The zero-order valence-electron chi connectivity index (χ0n) is 16.8. The van der Waals surface area contributed by atoms with Crippen LogP contribution in [-0.4, -0.2) is 43.1 Å². The molecule has 0 aliphatic carbocycles. The fraction of sp³-hybridized carbons (Fsp3) is 0.304. The molecular weight excluding hydrogens is 389 g/mol. The summed E-state index contributed by atoms with van der Waals surface area (Å²) in [5, 5.41) is 0. The number of fused-ring (bicyclic) bond motifs is 1. The first kappa shape index (κ1) is 21.4. The average molecular weight is 413 g/mol.